The van der Waals surface area contributed by atoms with Gasteiger partial charge in [-0.1, -0.05) is 53.8 Å². The standard InChI is InChI=1S/C21H20ClNO6S3/c1-2-28-18-11-15(5-8-17(18)29-13-14-3-6-16(22)7-4-14)12-19-20(24)23(21(30)31-19)9-10-32(25,26)27/h3-8,11-12H,2,9-10,13H2,1H3,(H,25,26,27). The molecule has 1 N–H and O–H groups in total. The molecule has 0 unspecified atom stereocenters. The average molecular weight is 514 g/mol. The van der Waals surface area contributed by atoms with Gasteiger partial charge in [0.15, 0.2) is 11.5 Å². The van der Waals surface area contributed by atoms with Gasteiger partial charge in [-0.3, -0.25) is 14.2 Å². The highest BCUT2D eigenvalue weighted by Gasteiger charge is 2.32. The van der Waals surface area contributed by atoms with Crippen molar-refractivity contribution in [2.75, 3.05) is 18.9 Å². The van der Waals surface area contributed by atoms with E-state index >= 15 is 0 Å². The van der Waals surface area contributed by atoms with Crippen molar-refractivity contribution < 1.29 is 27.2 Å². The third-order valence-corrected chi connectivity index (χ3v) is 6.65. The minimum atomic E-state index is -4.20. The van der Waals surface area contributed by atoms with E-state index in [0.29, 0.717) is 40.2 Å². The van der Waals surface area contributed by atoms with Gasteiger partial charge in [0.1, 0.15) is 10.9 Å². The van der Waals surface area contributed by atoms with Crippen molar-refractivity contribution in [1.29, 1.82) is 0 Å². The van der Waals surface area contributed by atoms with Gasteiger partial charge in [0.2, 0.25) is 0 Å². The lowest BCUT2D eigenvalue weighted by Crippen LogP contribution is -2.32. The average Bonchev–Trinajstić information content (AvgIpc) is 2.99. The van der Waals surface area contributed by atoms with Crippen molar-refractivity contribution in [2.24, 2.45) is 0 Å². The smallest absolute Gasteiger partial charge is 0.266 e. The van der Waals surface area contributed by atoms with Crippen LogP contribution in [0.2, 0.25) is 5.02 Å². The Kier molecular flexibility index (Phi) is 8.18. The zero-order chi connectivity index (χ0) is 23.3. The number of hydrogen-bond acceptors (Lipinski definition) is 7. The molecule has 0 aromatic heterocycles. The summed E-state index contributed by atoms with van der Waals surface area (Å²) in [5.74, 6) is 0.0855. The molecule has 170 valence electrons. The zero-order valence-corrected chi connectivity index (χ0v) is 20.2. The van der Waals surface area contributed by atoms with Gasteiger partial charge >= 0.3 is 0 Å². The van der Waals surface area contributed by atoms with Crippen LogP contribution in [0.4, 0.5) is 0 Å². The Morgan fingerprint density at radius 1 is 1.16 bits per heavy atom. The molecule has 2 aromatic carbocycles. The summed E-state index contributed by atoms with van der Waals surface area (Å²) in [7, 11) is -4.20. The number of amides is 1. The van der Waals surface area contributed by atoms with Crippen LogP contribution in [0.5, 0.6) is 11.5 Å². The quantitative estimate of drug-likeness (QED) is 0.299. The zero-order valence-electron chi connectivity index (χ0n) is 17.0. The molecule has 11 heteroatoms. The van der Waals surface area contributed by atoms with Gasteiger partial charge in [0.25, 0.3) is 16.0 Å². The molecule has 0 spiro atoms. The summed E-state index contributed by atoms with van der Waals surface area (Å²) in [5.41, 5.74) is 1.65. The Labute approximate surface area is 201 Å². The van der Waals surface area contributed by atoms with Crippen LogP contribution in [-0.2, 0) is 21.5 Å². The summed E-state index contributed by atoms with van der Waals surface area (Å²) in [6.45, 7) is 2.42. The van der Waals surface area contributed by atoms with Crippen LogP contribution in [-0.4, -0.2) is 47.0 Å². The highest BCUT2D eigenvalue weighted by molar-refractivity contribution is 8.26. The van der Waals surface area contributed by atoms with Gasteiger partial charge in [-0.15, -0.1) is 0 Å². The fraction of sp³-hybridized carbons (Fsp3) is 0.238. The van der Waals surface area contributed by atoms with E-state index in [1.165, 1.54) is 0 Å². The first-order valence-electron chi connectivity index (χ1n) is 9.51. The second-order valence-electron chi connectivity index (χ2n) is 6.67. The van der Waals surface area contributed by atoms with Gasteiger partial charge in [0, 0.05) is 11.6 Å². The summed E-state index contributed by atoms with van der Waals surface area (Å²) in [6.07, 6.45) is 1.65. The second kappa shape index (κ2) is 10.7. The maximum Gasteiger partial charge on any atom is 0.266 e. The Hall–Kier alpha value is -2.11. The number of halogens is 1. The fourth-order valence-electron chi connectivity index (χ4n) is 2.79. The van der Waals surface area contributed by atoms with Gasteiger partial charge in [0.05, 0.1) is 17.3 Å². The van der Waals surface area contributed by atoms with E-state index in [1.54, 1.807) is 36.4 Å². The molecule has 0 aliphatic carbocycles. The molecule has 0 saturated carbocycles. The van der Waals surface area contributed by atoms with Gasteiger partial charge in [-0.05, 0) is 48.4 Å². The Bertz CT molecular complexity index is 1150. The molecule has 2 aromatic rings. The van der Waals surface area contributed by atoms with E-state index in [4.69, 9.17) is 37.8 Å². The van der Waals surface area contributed by atoms with Crippen LogP contribution in [0.15, 0.2) is 47.4 Å². The van der Waals surface area contributed by atoms with Crippen LogP contribution >= 0.6 is 35.6 Å². The van der Waals surface area contributed by atoms with Gasteiger partial charge < -0.3 is 9.47 Å². The molecule has 32 heavy (non-hydrogen) atoms. The Morgan fingerprint density at radius 2 is 1.88 bits per heavy atom. The van der Waals surface area contributed by atoms with Crippen molar-refractivity contribution in [3.8, 4) is 11.5 Å². The van der Waals surface area contributed by atoms with Crippen LogP contribution in [0, 0.1) is 0 Å². The summed E-state index contributed by atoms with van der Waals surface area (Å²) >= 11 is 12.2. The third kappa shape index (κ3) is 6.69. The number of nitrogens with zero attached hydrogens (tertiary/aromatic N) is 1. The maximum atomic E-state index is 12.6. The maximum absolute atomic E-state index is 12.6. The molecule has 0 bridgehead atoms. The number of carbonyl (C=O) groups excluding carboxylic acids is 1. The number of benzene rings is 2. The molecule has 3 rings (SSSR count). The van der Waals surface area contributed by atoms with Crippen molar-refractivity contribution in [3.63, 3.8) is 0 Å². The van der Waals surface area contributed by atoms with E-state index in [-0.39, 0.29) is 10.9 Å². The van der Waals surface area contributed by atoms with E-state index < -0.39 is 21.8 Å². The number of ether oxygens (including phenoxy) is 2. The molecule has 1 aliphatic heterocycles. The highest BCUT2D eigenvalue weighted by atomic mass is 35.5. The van der Waals surface area contributed by atoms with E-state index in [2.05, 4.69) is 0 Å². The molecule has 1 heterocycles. The van der Waals surface area contributed by atoms with Crippen molar-refractivity contribution >= 4 is 62.0 Å². The minimum absolute atomic E-state index is 0.206. The van der Waals surface area contributed by atoms with Crippen molar-refractivity contribution in [3.05, 3.63) is 63.5 Å². The van der Waals surface area contributed by atoms with Crippen molar-refractivity contribution in [2.45, 2.75) is 13.5 Å². The topological polar surface area (TPSA) is 93.1 Å². The minimum Gasteiger partial charge on any atom is -0.490 e. The van der Waals surface area contributed by atoms with Gasteiger partial charge in [-0.25, -0.2) is 0 Å². The lowest BCUT2D eigenvalue weighted by atomic mass is 10.1. The summed E-state index contributed by atoms with van der Waals surface area (Å²) in [6, 6.07) is 12.6. The van der Waals surface area contributed by atoms with E-state index in [0.717, 1.165) is 22.2 Å². The largest absolute Gasteiger partial charge is 0.490 e. The van der Waals surface area contributed by atoms with Crippen LogP contribution in [0.1, 0.15) is 18.1 Å². The van der Waals surface area contributed by atoms with Crippen LogP contribution < -0.4 is 9.47 Å². The normalized spacial score (nSPS) is 15.5. The molecule has 1 fully saturated rings. The molecular weight excluding hydrogens is 494 g/mol. The summed E-state index contributed by atoms with van der Waals surface area (Å²) in [5, 5.41) is 0.650. The first kappa shape index (κ1) is 24.5. The predicted octanol–water partition coefficient (Wildman–Crippen LogP) is 4.41. The Balaban J connectivity index is 1.75. The molecule has 1 aliphatic rings. The number of rotatable bonds is 9. The first-order valence-corrected chi connectivity index (χ1v) is 12.7. The van der Waals surface area contributed by atoms with E-state index in [9.17, 15) is 13.2 Å². The number of thiocarbonyl (C=S) groups is 1. The molecule has 0 atom stereocenters. The molecule has 7 nitrogen and oxygen atoms in total. The first-order chi connectivity index (χ1) is 15.2. The lowest BCUT2D eigenvalue weighted by Gasteiger charge is -2.13. The summed E-state index contributed by atoms with van der Waals surface area (Å²) in [4.78, 5) is 14.1. The van der Waals surface area contributed by atoms with E-state index in [1.807, 2.05) is 19.1 Å². The summed E-state index contributed by atoms with van der Waals surface area (Å²) < 4.78 is 42.7. The lowest BCUT2D eigenvalue weighted by molar-refractivity contribution is -0.121. The Morgan fingerprint density at radius 3 is 2.53 bits per heavy atom. The molecule has 1 amide bonds. The SMILES string of the molecule is CCOc1cc(C=C2SC(=S)N(CCS(=O)(=O)O)C2=O)ccc1OCc1ccc(Cl)cc1. The monoisotopic (exact) mass is 513 g/mol. The fourth-order valence-corrected chi connectivity index (χ4v) is 4.64. The second-order valence-corrected chi connectivity index (χ2v) is 10.4. The number of carbonyl (C=O) groups is 1. The van der Waals surface area contributed by atoms with Gasteiger partial charge in [-0.2, -0.15) is 8.42 Å². The molecule has 0 radical (unpaired) electrons. The van der Waals surface area contributed by atoms with Crippen molar-refractivity contribution in [1.82, 2.24) is 4.90 Å². The predicted molar refractivity (Wildman–Crippen MR) is 130 cm³/mol. The molecular formula is C21H20ClNO6S3. The molecule has 1 saturated heterocycles. The van der Waals surface area contributed by atoms with Crippen LogP contribution in [0.3, 0.4) is 0 Å². The van der Waals surface area contributed by atoms with Crippen LogP contribution in [0.25, 0.3) is 6.08 Å². The number of hydrogen-bond donors (Lipinski definition) is 1. The number of thioether (sulfide) groups is 1. The highest BCUT2D eigenvalue weighted by Crippen LogP contribution is 2.35. The third-order valence-electron chi connectivity index (χ3n) is 4.32.